The third kappa shape index (κ3) is 3.76. The zero-order valence-electron chi connectivity index (χ0n) is 11.1. The summed E-state index contributed by atoms with van der Waals surface area (Å²) >= 11 is 0. The first kappa shape index (κ1) is 15.4. The Balaban J connectivity index is 5.15. The number of rotatable bonds is 3. The third-order valence-electron chi connectivity index (χ3n) is 2.86. The lowest BCUT2D eigenvalue weighted by atomic mass is 9.63. The van der Waals surface area contributed by atoms with Crippen LogP contribution < -0.4 is 5.73 Å². The zero-order valence-corrected chi connectivity index (χ0v) is 11.1. The Hall–Kier alpha value is -0.610. The van der Waals surface area contributed by atoms with E-state index >= 15 is 0 Å². The van der Waals surface area contributed by atoms with Crippen LogP contribution in [-0.4, -0.2) is 28.3 Å². The molecule has 0 heterocycles. The number of hydrogen-bond acceptors (Lipinski definition) is 3. The predicted molar refractivity (Wildman–Crippen MR) is 64.0 cm³/mol. The highest BCUT2D eigenvalue weighted by Crippen LogP contribution is 2.42. The van der Waals surface area contributed by atoms with E-state index in [-0.39, 0.29) is 16.7 Å². The maximum atomic E-state index is 10.8. The molecule has 0 aromatic heterocycles. The molecule has 2 atom stereocenters. The number of nitrogens with two attached hydrogens (primary N) is 1. The number of hydrogen-bond donors (Lipinski definition) is 3. The summed E-state index contributed by atoms with van der Waals surface area (Å²) in [4.78, 5) is 10.8. The van der Waals surface area contributed by atoms with Gasteiger partial charge in [0.15, 0.2) is 0 Å². The molecule has 0 aliphatic heterocycles. The quantitative estimate of drug-likeness (QED) is 0.686. The first-order valence-electron chi connectivity index (χ1n) is 5.55. The minimum absolute atomic E-state index is 0.189. The van der Waals surface area contributed by atoms with Crippen molar-refractivity contribution in [1.82, 2.24) is 0 Å². The fourth-order valence-electron chi connectivity index (χ4n) is 2.68. The van der Waals surface area contributed by atoms with Crippen molar-refractivity contribution < 1.29 is 15.0 Å². The SMILES string of the molecule is CC(C)(C)C(C(O)C(N)C(=O)O)C(C)(C)C. The van der Waals surface area contributed by atoms with Crippen LogP contribution in [0.1, 0.15) is 41.5 Å². The van der Waals surface area contributed by atoms with E-state index in [1.807, 2.05) is 41.5 Å². The molecule has 4 N–H and O–H groups in total. The average molecular weight is 231 g/mol. The Morgan fingerprint density at radius 2 is 1.38 bits per heavy atom. The van der Waals surface area contributed by atoms with E-state index in [0.717, 1.165) is 0 Å². The molecule has 0 rings (SSSR count). The maximum absolute atomic E-state index is 10.8. The topological polar surface area (TPSA) is 83.5 Å². The van der Waals surface area contributed by atoms with Crippen LogP contribution in [0.4, 0.5) is 0 Å². The van der Waals surface area contributed by atoms with Gasteiger partial charge in [0.25, 0.3) is 0 Å². The molecule has 0 spiro atoms. The van der Waals surface area contributed by atoms with Gasteiger partial charge in [0.05, 0.1) is 6.10 Å². The van der Waals surface area contributed by atoms with Gasteiger partial charge in [-0.1, -0.05) is 41.5 Å². The van der Waals surface area contributed by atoms with Crippen molar-refractivity contribution in [2.75, 3.05) is 0 Å². The number of aliphatic hydroxyl groups excluding tert-OH is 1. The molecule has 0 aromatic carbocycles. The molecule has 0 aliphatic rings. The second-order valence-corrected chi connectivity index (χ2v) is 6.56. The van der Waals surface area contributed by atoms with Crippen molar-refractivity contribution in [2.24, 2.45) is 22.5 Å². The van der Waals surface area contributed by atoms with E-state index in [9.17, 15) is 9.90 Å². The van der Waals surface area contributed by atoms with E-state index in [0.29, 0.717) is 0 Å². The van der Waals surface area contributed by atoms with Crippen LogP contribution in [0, 0.1) is 16.7 Å². The molecule has 2 unspecified atom stereocenters. The molecular weight excluding hydrogens is 206 g/mol. The molecule has 0 saturated heterocycles. The lowest BCUT2D eigenvalue weighted by Crippen LogP contribution is -2.53. The molecule has 0 bridgehead atoms. The monoisotopic (exact) mass is 231 g/mol. The van der Waals surface area contributed by atoms with Crippen LogP contribution in [0.2, 0.25) is 0 Å². The normalized spacial score (nSPS) is 17.3. The van der Waals surface area contributed by atoms with Crippen molar-refractivity contribution in [3.05, 3.63) is 0 Å². The van der Waals surface area contributed by atoms with Crippen LogP contribution in [0.5, 0.6) is 0 Å². The van der Waals surface area contributed by atoms with Gasteiger partial charge in [-0.2, -0.15) is 0 Å². The minimum Gasteiger partial charge on any atom is -0.480 e. The van der Waals surface area contributed by atoms with Gasteiger partial charge in [-0.05, 0) is 16.7 Å². The molecule has 0 saturated carbocycles. The summed E-state index contributed by atoms with van der Waals surface area (Å²) in [6.07, 6.45) is -1.04. The maximum Gasteiger partial charge on any atom is 0.323 e. The highest BCUT2D eigenvalue weighted by atomic mass is 16.4. The van der Waals surface area contributed by atoms with Crippen molar-refractivity contribution in [2.45, 2.75) is 53.7 Å². The summed E-state index contributed by atoms with van der Waals surface area (Å²) in [5, 5.41) is 19.0. The van der Waals surface area contributed by atoms with E-state index in [2.05, 4.69) is 0 Å². The van der Waals surface area contributed by atoms with Gasteiger partial charge in [-0.3, -0.25) is 4.79 Å². The largest absolute Gasteiger partial charge is 0.480 e. The lowest BCUT2D eigenvalue weighted by Gasteiger charge is -2.44. The predicted octanol–water partition coefficient (Wildman–Crippen LogP) is 1.47. The zero-order chi connectivity index (χ0) is 13.3. The Morgan fingerprint density at radius 1 is 1.06 bits per heavy atom. The van der Waals surface area contributed by atoms with Gasteiger partial charge >= 0.3 is 5.97 Å². The van der Waals surface area contributed by atoms with E-state index < -0.39 is 18.1 Å². The number of aliphatic carboxylic acids is 1. The van der Waals surface area contributed by atoms with E-state index in [1.165, 1.54) is 0 Å². The first-order valence-corrected chi connectivity index (χ1v) is 5.55. The lowest BCUT2D eigenvalue weighted by molar-refractivity contribution is -0.144. The Bertz CT molecular complexity index is 236. The summed E-state index contributed by atoms with van der Waals surface area (Å²) in [7, 11) is 0. The van der Waals surface area contributed by atoms with Crippen LogP contribution in [0.25, 0.3) is 0 Å². The van der Waals surface area contributed by atoms with Gasteiger partial charge in [-0.25, -0.2) is 0 Å². The summed E-state index contributed by atoms with van der Waals surface area (Å²) in [5.41, 5.74) is 5.10. The first-order chi connectivity index (χ1) is 6.89. The summed E-state index contributed by atoms with van der Waals surface area (Å²) < 4.78 is 0. The van der Waals surface area contributed by atoms with Gasteiger partial charge in [-0.15, -0.1) is 0 Å². The number of aliphatic hydroxyl groups is 1. The van der Waals surface area contributed by atoms with Crippen LogP contribution in [-0.2, 0) is 4.79 Å². The second kappa shape index (κ2) is 4.72. The summed E-state index contributed by atoms with van der Waals surface area (Å²) in [5.74, 6) is -1.35. The fourth-order valence-corrected chi connectivity index (χ4v) is 2.68. The van der Waals surface area contributed by atoms with Crippen molar-refractivity contribution in [3.8, 4) is 0 Å². The van der Waals surface area contributed by atoms with Gasteiger partial charge in [0.1, 0.15) is 6.04 Å². The molecule has 16 heavy (non-hydrogen) atoms. The van der Waals surface area contributed by atoms with E-state index in [1.54, 1.807) is 0 Å². The molecule has 96 valence electrons. The standard InChI is InChI=1S/C12H25NO3/c1-11(2,3)9(12(4,5)6)8(14)7(13)10(15)16/h7-9,14H,13H2,1-6H3,(H,15,16). The Kier molecular flexibility index (Phi) is 4.54. The Labute approximate surface area is 97.8 Å². The number of carbonyl (C=O) groups is 1. The second-order valence-electron chi connectivity index (χ2n) is 6.56. The van der Waals surface area contributed by atoms with E-state index in [4.69, 9.17) is 10.8 Å². The molecule has 0 radical (unpaired) electrons. The molecule has 0 fully saturated rings. The number of carboxylic acid groups (broad SMARTS) is 1. The van der Waals surface area contributed by atoms with Crippen molar-refractivity contribution in [3.63, 3.8) is 0 Å². The fraction of sp³-hybridized carbons (Fsp3) is 0.917. The summed E-state index contributed by atoms with van der Waals surface area (Å²) in [6, 6.07) is -1.23. The van der Waals surface area contributed by atoms with Crippen LogP contribution in [0.15, 0.2) is 0 Å². The Morgan fingerprint density at radius 3 is 1.56 bits per heavy atom. The summed E-state index contributed by atoms with van der Waals surface area (Å²) in [6.45, 7) is 11.9. The molecule has 0 aliphatic carbocycles. The van der Waals surface area contributed by atoms with Gasteiger partial charge in [0.2, 0.25) is 0 Å². The van der Waals surface area contributed by atoms with Gasteiger partial charge < -0.3 is 15.9 Å². The van der Waals surface area contributed by atoms with Crippen molar-refractivity contribution in [1.29, 1.82) is 0 Å². The smallest absolute Gasteiger partial charge is 0.323 e. The molecule has 4 heteroatoms. The highest BCUT2D eigenvalue weighted by molar-refractivity contribution is 5.74. The third-order valence-corrected chi connectivity index (χ3v) is 2.86. The molecule has 0 amide bonds. The van der Waals surface area contributed by atoms with Gasteiger partial charge in [0, 0.05) is 0 Å². The molecule has 4 nitrogen and oxygen atoms in total. The van der Waals surface area contributed by atoms with Crippen LogP contribution in [0.3, 0.4) is 0 Å². The average Bonchev–Trinajstić information content (AvgIpc) is 1.96. The highest BCUT2D eigenvalue weighted by Gasteiger charge is 2.43. The number of carboxylic acids is 1. The van der Waals surface area contributed by atoms with Crippen LogP contribution >= 0.6 is 0 Å². The molecule has 0 aromatic rings. The molecular formula is C12H25NO3. The van der Waals surface area contributed by atoms with Crippen molar-refractivity contribution >= 4 is 5.97 Å². The minimum atomic E-state index is -1.23.